The summed E-state index contributed by atoms with van der Waals surface area (Å²) in [5.41, 5.74) is 9.31. The van der Waals surface area contributed by atoms with Gasteiger partial charge in [0.25, 0.3) is 0 Å². The molecule has 1 aromatic carbocycles. The van der Waals surface area contributed by atoms with E-state index in [9.17, 15) is 13.2 Å². The summed E-state index contributed by atoms with van der Waals surface area (Å²) in [5, 5.41) is 2.76. The second kappa shape index (κ2) is 18.4. The molecule has 2 N–H and O–H groups in total. The van der Waals surface area contributed by atoms with Crippen molar-refractivity contribution in [1.82, 2.24) is 15.0 Å². The number of pyridine rings is 3. The zero-order valence-electron chi connectivity index (χ0n) is 33.0. The van der Waals surface area contributed by atoms with Crippen molar-refractivity contribution in [2.45, 2.75) is 130 Å². The van der Waals surface area contributed by atoms with Gasteiger partial charge in [0.1, 0.15) is 5.82 Å². The van der Waals surface area contributed by atoms with Crippen LogP contribution in [0.25, 0.3) is 0 Å². The average molecular weight is 815 g/mol. The SMILES string of the molecule is CC(C)(C)c1cccc(Cl)c1Cl.CC(C)(C)c1ccnc(CC2CC2)c1Cl.CC(C)(C)c1ccnc(N)c1Cl.CC(C)(C)c1ccncc1C(F)(F)F. The Balaban J connectivity index is 0.000000246. The number of nitrogen functional groups attached to an aromatic ring is 1. The van der Waals surface area contributed by atoms with Crippen LogP contribution in [0, 0.1) is 5.92 Å². The summed E-state index contributed by atoms with van der Waals surface area (Å²) in [7, 11) is 0. The third-order valence-corrected chi connectivity index (χ3v) is 10.0. The topological polar surface area (TPSA) is 64.7 Å². The average Bonchev–Trinajstić information content (AvgIpc) is 3.84. The predicted octanol–water partition coefficient (Wildman–Crippen LogP) is 14.3. The van der Waals surface area contributed by atoms with Gasteiger partial charge in [0, 0.05) is 24.8 Å². The number of halogens is 7. The van der Waals surface area contributed by atoms with E-state index in [1.165, 1.54) is 30.7 Å². The van der Waals surface area contributed by atoms with E-state index in [0.717, 1.165) is 40.4 Å². The van der Waals surface area contributed by atoms with Crippen LogP contribution in [0.2, 0.25) is 20.1 Å². The molecule has 53 heavy (non-hydrogen) atoms. The Hall–Kier alpha value is -2.58. The summed E-state index contributed by atoms with van der Waals surface area (Å²) in [6.45, 7) is 24.4. The van der Waals surface area contributed by atoms with Crippen molar-refractivity contribution >= 4 is 52.2 Å². The Morgan fingerprint density at radius 2 is 1.04 bits per heavy atom. The third kappa shape index (κ3) is 14.5. The Kier molecular flexibility index (Phi) is 16.1. The first-order chi connectivity index (χ1) is 24.1. The second-order valence-corrected chi connectivity index (χ2v) is 18.9. The van der Waals surface area contributed by atoms with E-state index in [1.807, 2.05) is 30.5 Å². The van der Waals surface area contributed by atoms with Crippen molar-refractivity contribution < 1.29 is 13.2 Å². The molecule has 4 nitrogen and oxygen atoms in total. The van der Waals surface area contributed by atoms with Crippen LogP contribution < -0.4 is 5.73 Å². The van der Waals surface area contributed by atoms with Gasteiger partial charge in [-0.1, -0.05) is 142 Å². The molecular formula is C42H55Cl4F3N4. The van der Waals surface area contributed by atoms with Gasteiger partial charge < -0.3 is 5.73 Å². The molecule has 0 unspecified atom stereocenters. The molecule has 11 heteroatoms. The first-order valence-electron chi connectivity index (χ1n) is 17.6. The Morgan fingerprint density at radius 1 is 0.585 bits per heavy atom. The molecule has 0 radical (unpaired) electrons. The van der Waals surface area contributed by atoms with E-state index >= 15 is 0 Å². The summed E-state index contributed by atoms with van der Waals surface area (Å²) < 4.78 is 37.6. The molecule has 1 aliphatic carbocycles. The molecule has 0 aliphatic heterocycles. The first kappa shape index (κ1) is 46.6. The monoisotopic (exact) mass is 812 g/mol. The smallest absolute Gasteiger partial charge is 0.382 e. The van der Waals surface area contributed by atoms with Gasteiger partial charge in [0.15, 0.2) is 0 Å². The maximum Gasteiger partial charge on any atom is 0.418 e. The van der Waals surface area contributed by atoms with Gasteiger partial charge in [0.2, 0.25) is 0 Å². The molecule has 292 valence electrons. The van der Waals surface area contributed by atoms with Crippen molar-refractivity contribution in [2.24, 2.45) is 5.92 Å². The van der Waals surface area contributed by atoms with E-state index in [1.54, 1.807) is 33.0 Å². The number of benzene rings is 1. The molecule has 1 fully saturated rings. The minimum absolute atomic E-state index is 0.0220. The van der Waals surface area contributed by atoms with Crippen LogP contribution in [0.4, 0.5) is 19.0 Å². The molecule has 1 saturated carbocycles. The Morgan fingerprint density at radius 3 is 1.45 bits per heavy atom. The van der Waals surface area contributed by atoms with Crippen molar-refractivity contribution in [3.63, 3.8) is 0 Å². The van der Waals surface area contributed by atoms with Crippen LogP contribution in [0.1, 0.15) is 129 Å². The van der Waals surface area contributed by atoms with Gasteiger partial charge >= 0.3 is 6.18 Å². The number of rotatable bonds is 2. The van der Waals surface area contributed by atoms with Crippen LogP contribution in [0.3, 0.4) is 0 Å². The van der Waals surface area contributed by atoms with E-state index in [2.05, 4.69) is 77.3 Å². The fourth-order valence-electron chi connectivity index (χ4n) is 5.20. The summed E-state index contributed by atoms with van der Waals surface area (Å²) >= 11 is 24.3. The molecule has 3 heterocycles. The highest BCUT2D eigenvalue weighted by atomic mass is 35.5. The van der Waals surface area contributed by atoms with Gasteiger partial charge in [0.05, 0.1) is 31.3 Å². The fraction of sp³-hybridized carbons (Fsp3) is 0.500. The number of anilines is 1. The zero-order valence-corrected chi connectivity index (χ0v) is 36.1. The molecule has 0 spiro atoms. The van der Waals surface area contributed by atoms with Crippen LogP contribution in [-0.4, -0.2) is 15.0 Å². The maximum absolute atomic E-state index is 12.5. The highest BCUT2D eigenvalue weighted by molar-refractivity contribution is 6.42. The standard InChI is InChI=1S/C13H18ClN.C10H12Cl2.C10H12F3N.C9H13ClN2/c1-13(2,3)10-6-7-15-11(12(10)14)8-9-4-5-9;1-10(2,3)7-5-4-6-8(11)9(7)12;1-9(2,3)7-4-5-14-6-8(7)10(11,12)13;1-9(2,3)6-4-5-12-8(11)7(6)10/h6-7,9H,4-5,8H2,1-3H3;4-6H,1-3H3;4-6H,1-3H3;4-5H,1-3H3,(H2,11,12). The summed E-state index contributed by atoms with van der Waals surface area (Å²) in [6.07, 6.45) is 5.26. The summed E-state index contributed by atoms with van der Waals surface area (Å²) in [6, 6.07) is 11.1. The first-order valence-corrected chi connectivity index (χ1v) is 19.1. The van der Waals surface area contributed by atoms with Gasteiger partial charge in [-0.05, 0) is 93.4 Å². The van der Waals surface area contributed by atoms with Gasteiger partial charge in [-0.2, -0.15) is 13.2 Å². The van der Waals surface area contributed by atoms with E-state index in [4.69, 9.17) is 52.1 Å². The lowest BCUT2D eigenvalue weighted by molar-refractivity contribution is -0.138. The Bertz CT molecular complexity index is 1700. The molecule has 3 aromatic heterocycles. The molecule has 0 saturated heterocycles. The minimum atomic E-state index is -4.32. The quantitative estimate of drug-likeness (QED) is 0.219. The lowest BCUT2D eigenvalue weighted by Crippen LogP contribution is -2.19. The molecule has 5 rings (SSSR count). The molecule has 0 bridgehead atoms. The van der Waals surface area contributed by atoms with Crippen LogP contribution in [-0.2, 0) is 34.3 Å². The molecular weight excluding hydrogens is 759 g/mol. The number of nitrogens with two attached hydrogens (primary N) is 1. The van der Waals surface area contributed by atoms with Crippen LogP contribution >= 0.6 is 46.4 Å². The van der Waals surface area contributed by atoms with Gasteiger partial charge in [-0.25, -0.2) is 4.98 Å². The largest absolute Gasteiger partial charge is 0.418 e. The van der Waals surface area contributed by atoms with E-state index in [-0.39, 0.29) is 21.8 Å². The van der Waals surface area contributed by atoms with Gasteiger partial charge in [-0.3, -0.25) is 9.97 Å². The van der Waals surface area contributed by atoms with E-state index in [0.29, 0.717) is 20.9 Å². The summed E-state index contributed by atoms with van der Waals surface area (Å²) in [5.74, 6) is 1.24. The van der Waals surface area contributed by atoms with Crippen molar-refractivity contribution in [3.05, 3.63) is 115 Å². The number of hydrogen-bond donors (Lipinski definition) is 1. The number of aromatic nitrogens is 3. The van der Waals surface area contributed by atoms with Crippen molar-refractivity contribution in [3.8, 4) is 0 Å². The predicted molar refractivity (Wildman–Crippen MR) is 220 cm³/mol. The fourth-order valence-corrected chi connectivity index (χ4v) is 6.65. The number of alkyl halides is 3. The highest BCUT2D eigenvalue weighted by Crippen LogP contribution is 2.38. The lowest BCUT2D eigenvalue weighted by Gasteiger charge is -2.23. The maximum atomic E-state index is 12.5. The zero-order chi connectivity index (χ0) is 40.7. The minimum Gasteiger partial charge on any atom is -0.382 e. The lowest BCUT2D eigenvalue weighted by atomic mass is 9.84. The summed E-state index contributed by atoms with van der Waals surface area (Å²) in [4.78, 5) is 11.8. The Labute approximate surface area is 335 Å². The third-order valence-electron chi connectivity index (χ3n) is 8.37. The van der Waals surface area contributed by atoms with Gasteiger partial charge in [-0.15, -0.1) is 0 Å². The second-order valence-electron chi connectivity index (χ2n) is 17.3. The molecule has 1 aliphatic rings. The van der Waals surface area contributed by atoms with Crippen LogP contribution in [0.15, 0.2) is 61.2 Å². The number of nitrogens with zero attached hydrogens (tertiary/aromatic N) is 3. The number of hydrogen-bond acceptors (Lipinski definition) is 4. The molecule has 0 atom stereocenters. The van der Waals surface area contributed by atoms with Crippen molar-refractivity contribution in [2.75, 3.05) is 5.73 Å². The highest BCUT2D eigenvalue weighted by Gasteiger charge is 2.36. The normalized spacial score (nSPS) is 13.5. The van der Waals surface area contributed by atoms with E-state index < -0.39 is 17.2 Å². The van der Waals surface area contributed by atoms with Crippen LogP contribution in [0.5, 0.6) is 0 Å². The van der Waals surface area contributed by atoms with Crippen molar-refractivity contribution in [1.29, 1.82) is 0 Å². The molecule has 4 aromatic rings. The molecule has 0 amide bonds.